The molecular weight excluding hydrogens is 410 g/mol. The molecule has 1 aliphatic heterocycles. The summed E-state index contributed by atoms with van der Waals surface area (Å²) in [6.07, 6.45) is 5.13. The Labute approximate surface area is 188 Å². The van der Waals surface area contributed by atoms with Crippen molar-refractivity contribution in [1.82, 2.24) is 19.5 Å². The summed E-state index contributed by atoms with van der Waals surface area (Å²) in [7, 11) is 0. The zero-order valence-corrected chi connectivity index (χ0v) is 19.1. The van der Waals surface area contributed by atoms with E-state index in [0.29, 0.717) is 11.6 Å². The molecule has 0 N–H and O–H groups in total. The van der Waals surface area contributed by atoms with Crippen molar-refractivity contribution in [2.75, 3.05) is 31.2 Å². The minimum absolute atomic E-state index is 0.244. The number of hydrogen-bond donors (Lipinski definition) is 0. The second-order valence-electron chi connectivity index (χ2n) is 9.13. The molecule has 1 saturated heterocycles. The molecule has 0 atom stereocenters. The molecule has 0 spiro atoms. The van der Waals surface area contributed by atoms with Gasteiger partial charge in [0.1, 0.15) is 11.2 Å². The van der Waals surface area contributed by atoms with Crippen LogP contribution >= 0.6 is 11.6 Å². The van der Waals surface area contributed by atoms with Crippen LogP contribution in [0.1, 0.15) is 38.2 Å². The van der Waals surface area contributed by atoms with Crippen LogP contribution in [0.2, 0.25) is 5.28 Å². The highest BCUT2D eigenvalue weighted by molar-refractivity contribution is 6.28. The molecule has 6 nitrogen and oxygen atoms in total. The zero-order valence-electron chi connectivity index (χ0n) is 18.4. The van der Waals surface area contributed by atoms with Crippen molar-refractivity contribution < 1.29 is 4.74 Å². The molecule has 3 aromatic rings. The van der Waals surface area contributed by atoms with Gasteiger partial charge in [0.2, 0.25) is 11.2 Å². The van der Waals surface area contributed by atoms with Gasteiger partial charge in [-0.25, -0.2) is 4.98 Å². The van der Waals surface area contributed by atoms with Gasteiger partial charge in [-0.1, -0.05) is 43.5 Å². The lowest BCUT2D eigenvalue weighted by Crippen LogP contribution is -2.38. The van der Waals surface area contributed by atoms with Crippen molar-refractivity contribution in [1.29, 1.82) is 0 Å². The second kappa shape index (κ2) is 8.75. The van der Waals surface area contributed by atoms with Gasteiger partial charge in [-0.15, -0.1) is 0 Å². The molecule has 164 valence electrons. The summed E-state index contributed by atoms with van der Waals surface area (Å²) in [5.74, 6) is 2.45. The highest BCUT2D eigenvalue weighted by Gasteiger charge is 2.27. The number of halogens is 1. The van der Waals surface area contributed by atoms with E-state index >= 15 is 0 Å². The summed E-state index contributed by atoms with van der Waals surface area (Å²) < 4.78 is 7.96. The summed E-state index contributed by atoms with van der Waals surface area (Å²) in [6, 6.07) is 8.42. The maximum absolute atomic E-state index is 6.36. The van der Waals surface area contributed by atoms with Crippen molar-refractivity contribution in [3.05, 3.63) is 35.1 Å². The Morgan fingerprint density at radius 1 is 1.06 bits per heavy atom. The Morgan fingerprint density at radius 3 is 2.58 bits per heavy atom. The molecule has 1 saturated carbocycles. The fourth-order valence-electron chi connectivity index (χ4n) is 4.94. The van der Waals surface area contributed by atoms with E-state index in [-0.39, 0.29) is 5.28 Å². The predicted molar refractivity (Wildman–Crippen MR) is 125 cm³/mol. The third-order valence-electron chi connectivity index (χ3n) is 6.72. The SMILES string of the molecule is Cc1cccc(-c2nc(Cl)nc3nc(N4CCOCC4)n(C[C@H]4CC[C@H](C)CC4)c23)c1. The Morgan fingerprint density at radius 2 is 1.84 bits per heavy atom. The average molecular weight is 440 g/mol. The summed E-state index contributed by atoms with van der Waals surface area (Å²) in [5, 5.41) is 0.244. The molecule has 2 fully saturated rings. The van der Waals surface area contributed by atoms with E-state index in [4.69, 9.17) is 21.3 Å². The van der Waals surface area contributed by atoms with Gasteiger partial charge in [0.05, 0.1) is 13.2 Å². The highest BCUT2D eigenvalue weighted by Crippen LogP contribution is 2.35. The fraction of sp³-hybridized carbons (Fsp3) is 0.542. The third kappa shape index (κ3) is 4.28. The minimum Gasteiger partial charge on any atom is -0.378 e. The lowest BCUT2D eigenvalue weighted by molar-refractivity contribution is 0.121. The number of nitrogens with zero attached hydrogens (tertiary/aromatic N) is 5. The van der Waals surface area contributed by atoms with E-state index in [0.717, 1.165) is 61.5 Å². The Hall–Kier alpha value is -2.18. The van der Waals surface area contributed by atoms with Crippen molar-refractivity contribution >= 4 is 28.7 Å². The van der Waals surface area contributed by atoms with Gasteiger partial charge in [0.15, 0.2) is 5.65 Å². The van der Waals surface area contributed by atoms with E-state index < -0.39 is 0 Å². The predicted octanol–water partition coefficient (Wildman–Crippen LogP) is 5.12. The number of hydrogen-bond acceptors (Lipinski definition) is 5. The van der Waals surface area contributed by atoms with E-state index in [2.05, 4.69) is 57.5 Å². The first kappa shape index (κ1) is 20.7. The fourth-order valence-corrected chi connectivity index (χ4v) is 5.10. The maximum Gasteiger partial charge on any atom is 0.225 e. The summed E-state index contributed by atoms with van der Waals surface area (Å²) in [6.45, 7) is 8.54. The minimum atomic E-state index is 0.244. The van der Waals surface area contributed by atoms with Crippen LogP contribution in [0.3, 0.4) is 0 Å². The van der Waals surface area contributed by atoms with Crippen LogP contribution in [0.5, 0.6) is 0 Å². The smallest absolute Gasteiger partial charge is 0.225 e. The molecule has 3 heterocycles. The van der Waals surface area contributed by atoms with Crippen molar-refractivity contribution in [2.24, 2.45) is 11.8 Å². The number of ether oxygens (including phenoxy) is 1. The van der Waals surface area contributed by atoms with Crippen LogP contribution in [0.4, 0.5) is 5.95 Å². The summed E-state index contributed by atoms with van der Waals surface area (Å²) in [4.78, 5) is 16.5. The normalized spacial score (nSPS) is 22.2. The summed E-state index contributed by atoms with van der Waals surface area (Å²) in [5.41, 5.74) is 4.80. The molecule has 7 heteroatoms. The Kier molecular flexibility index (Phi) is 5.85. The first-order valence-corrected chi connectivity index (χ1v) is 11.8. The molecule has 0 radical (unpaired) electrons. The van der Waals surface area contributed by atoms with Crippen LogP contribution in [-0.2, 0) is 11.3 Å². The van der Waals surface area contributed by atoms with Gasteiger partial charge in [-0.05, 0) is 49.3 Å². The molecule has 2 aliphatic rings. The molecule has 0 unspecified atom stereocenters. The Bertz CT molecular complexity index is 1070. The number of morpholine rings is 1. The average Bonchev–Trinajstić information content (AvgIpc) is 3.13. The van der Waals surface area contributed by atoms with Gasteiger partial charge < -0.3 is 14.2 Å². The van der Waals surface area contributed by atoms with E-state index in [1.165, 1.54) is 31.2 Å². The quantitative estimate of drug-likeness (QED) is 0.528. The first-order valence-electron chi connectivity index (χ1n) is 11.4. The maximum atomic E-state index is 6.36. The standard InChI is InChI=1S/C24H30ClN5O/c1-16-6-8-18(9-7-16)15-30-21-20(19-5-3-4-17(2)14-19)26-23(25)27-22(21)28-24(30)29-10-12-31-13-11-29/h3-5,14,16,18H,6-13,15H2,1-2H3/t16-,18-. The number of rotatable bonds is 4. The number of imidazole rings is 1. The number of fused-ring (bicyclic) bond motifs is 1. The molecule has 31 heavy (non-hydrogen) atoms. The van der Waals surface area contributed by atoms with Gasteiger partial charge in [0.25, 0.3) is 0 Å². The van der Waals surface area contributed by atoms with Gasteiger partial charge >= 0.3 is 0 Å². The molecule has 1 aliphatic carbocycles. The van der Waals surface area contributed by atoms with Crippen LogP contribution in [0.15, 0.2) is 24.3 Å². The topological polar surface area (TPSA) is 56.1 Å². The van der Waals surface area contributed by atoms with Crippen LogP contribution in [0.25, 0.3) is 22.4 Å². The van der Waals surface area contributed by atoms with Crippen molar-refractivity contribution in [2.45, 2.75) is 46.1 Å². The van der Waals surface area contributed by atoms with Crippen LogP contribution < -0.4 is 4.90 Å². The molecule has 1 aromatic carbocycles. The van der Waals surface area contributed by atoms with Crippen LogP contribution in [-0.4, -0.2) is 45.8 Å². The third-order valence-corrected chi connectivity index (χ3v) is 6.89. The summed E-state index contributed by atoms with van der Waals surface area (Å²) >= 11 is 6.36. The van der Waals surface area contributed by atoms with E-state index in [9.17, 15) is 0 Å². The van der Waals surface area contributed by atoms with E-state index in [1.54, 1.807) is 0 Å². The lowest BCUT2D eigenvalue weighted by atomic mass is 9.83. The monoisotopic (exact) mass is 439 g/mol. The number of aryl methyl sites for hydroxylation is 1. The molecule has 5 rings (SSSR count). The van der Waals surface area contributed by atoms with Crippen molar-refractivity contribution in [3.8, 4) is 11.3 Å². The molecule has 0 amide bonds. The van der Waals surface area contributed by atoms with Gasteiger partial charge in [-0.3, -0.25) is 0 Å². The lowest BCUT2D eigenvalue weighted by Gasteiger charge is -2.31. The Balaban J connectivity index is 1.66. The van der Waals surface area contributed by atoms with Gasteiger partial charge in [-0.2, -0.15) is 9.97 Å². The highest BCUT2D eigenvalue weighted by atomic mass is 35.5. The molecular formula is C24H30ClN5O. The first-order chi connectivity index (χ1) is 15.1. The van der Waals surface area contributed by atoms with Crippen LogP contribution in [0, 0.1) is 18.8 Å². The largest absolute Gasteiger partial charge is 0.378 e. The second-order valence-corrected chi connectivity index (χ2v) is 9.47. The number of anilines is 1. The van der Waals surface area contributed by atoms with Gasteiger partial charge in [0, 0.05) is 25.2 Å². The van der Waals surface area contributed by atoms with E-state index in [1.807, 2.05) is 0 Å². The molecule has 0 bridgehead atoms. The number of benzene rings is 1. The van der Waals surface area contributed by atoms with Crippen molar-refractivity contribution in [3.63, 3.8) is 0 Å². The zero-order chi connectivity index (χ0) is 21.4. The molecule has 2 aromatic heterocycles. The number of aromatic nitrogens is 4.